The highest BCUT2D eigenvalue weighted by Gasteiger charge is 2.06. The van der Waals surface area contributed by atoms with Gasteiger partial charge in [-0.3, -0.25) is 0 Å². The standard InChI is InChI=1S/C17H18O2S/c1-12-8-9-16(13(2)10-12)18-11-15-6-4-5-7-17(15)19-14(3)20/h4-10H,11H2,1-3H3. The van der Waals surface area contributed by atoms with E-state index in [2.05, 4.69) is 13.0 Å². The Hall–Kier alpha value is -1.87. The van der Waals surface area contributed by atoms with Crippen LogP contribution < -0.4 is 9.47 Å². The molecule has 0 aliphatic heterocycles. The monoisotopic (exact) mass is 286 g/mol. The Balaban J connectivity index is 2.12. The summed E-state index contributed by atoms with van der Waals surface area (Å²) in [6, 6.07) is 13.9. The highest BCUT2D eigenvalue weighted by molar-refractivity contribution is 7.80. The predicted molar refractivity (Wildman–Crippen MR) is 85.6 cm³/mol. The number of hydrogen-bond donors (Lipinski definition) is 0. The van der Waals surface area contributed by atoms with Crippen LogP contribution in [0, 0.1) is 13.8 Å². The van der Waals surface area contributed by atoms with Crippen molar-refractivity contribution in [2.45, 2.75) is 27.4 Å². The molecule has 0 amide bonds. The molecule has 2 nitrogen and oxygen atoms in total. The smallest absolute Gasteiger partial charge is 0.164 e. The first-order valence-corrected chi connectivity index (χ1v) is 6.93. The summed E-state index contributed by atoms with van der Waals surface area (Å²) < 4.78 is 11.4. The van der Waals surface area contributed by atoms with Crippen LogP contribution in [0.4, 0.5) is 0 Å². The lowest BCUT2D eigenvalue weighted by molar-refractivity contribution is 0.300. The van der Waals surface area contributed by atoms with Crippen molar-refractivity contribution in [3.63, 3.8) is 0 Å². The second kappa shape index (κ2) is 6.53. The molecule has 2 aromatic carbocycles. The fourth-order valence-corrected chi connectivity index (χ4v) is 2.08. The van der Waals surface area contributed by atoms with Crippen molar-refractivity contribution in [1.29, 1.82) is 0 Å². The van der Waals surface area contributed by atoms with Crippen molar-refractivity contribution < 1.29 is 9.47 Å². The highest BCUT2D eigenvalue weighted by atomic mass is 32.1. The fraction of sp³-hybridized carbons (Fsp3) is 0.235. The van der Waals surface area contributed by atoms with E-state index in [1.807, 2.05) is 43.3 Å². The first kappa shape index (κ1) is 14.5. The fourth-order valence-electron chi connectivity index (χ4n) is 1.99. The molecule has 0 aliphatic rings. The molecule has 0 aromatic heterocycles. The van der Waals surface area contributed by atoms with Crippen molar-refractivity contribution in [1.82, 2.24) is 0 Å². The van der Waals surface area contributed by atoms with E-state index < -0.39 is 0 Å². The largest absolute Gasteiger partial charge is 0.488 e. The molecule has 0 saturated carbocycles. The van der Waals surface area contributed by atoms with E-state index in [4.69, 9.17) is 21.7 Å². The molecule has 2 rings (SSSR count). The maximum atomic E-state index is 5.88. The molecule has 2 aromatic rings. The van der Waals surface area contributed by atoms with Crippen molar-refractivity contribution in [2.24, 2.45) is 0 Å². The maximum Gasteiger partial charge on any atom is 0.164 e. The molecular formula is C17H18O2S. The van der Waals surface area contributed by atoms with E-state index >= 15 is 0 Å². The first-order valence-electron chi connectivity index (χ1n) is 6.52. The molecule has 0 unspecified atom stereocenters. The van der Waals surface area contributed by atoms with Gasteiger partial charge in [0.05, 0.1) is 0 Å². The van der Waals surface area contributed by atoms with Gasteiger partial charge in [-0.2, -0.15) is 0 Å². The van der Waals surface area contributed by atoms with Gasteiger partial charge < -0.3 is 9.47 Å². The van der Waals surface area contributed by atoms with Gasteiger partial charge in [0.2, 0.25) is 0 Å². The summed E-state index contributed by atoms with van der Waals surface area (Å²) in [7, 11) is 0. The van der Waals surface area contributed by atoms with Crippen LogP contribution in [0.2, 0.25) is 0 Å². The van der Waals surface area contributed by atoms with Gasteiger partial charge in [-0.25, -0.2) is 0 Å². The zero-order valence-electron chi connectivity index (χ0n) is 12.0. The lowest BCUT2D eigenvalue weighted by atomic mass is 10.1. The zero-order valence-corrected chi connectivity index (χ0v) is 12.8. The average Bonchev–Trinajstić information content (AvgIpc) is 2.39. The molecule has 0 fully saturated rings. The number of thiocarbonyl (C=S) groups is 1. The molecule has 0 bridgehead atoms. The predicted octanol–water partition coefficient (Wildman–Crippen LogP) is 4.61. The summed E-state index contributed by atoms with van der Waals surface area (Å²) in [4.78, 5) is 0. The van der Waals surface area contributed by atoms with Gasteiger partial charge >= 0.3 is 0 Å². The molecule has 0 heterocycles. The number of para-hydroxylation sites is 1. The second-order valence-electron chi connectivity index (χ2n) is 4.76. The summed E-state index contributed by atoms with van der Waals surface area (Å²) >= 11 is 4.99. The lowest BCUT2D eigenvalue weighted by Crippen LogP contribution is -2.04. The molecule has 0 N–H and O–H groups in total. The van der Waals surface area contributed by atoms with Gasteiger partial charge in [0.15, 0.2) is 5.05 Å². The number of hydrogen-bond acceptors (Lipinski definition) is 3. The summed E-state index contributed by atoms with van der Waals surface area (Å²) in [6.45, 7) is 6.34. The Kier molecular flexibility index (Phi) is 4.74. The number of rotatable bonds is 4. The van der Waals surface area contributed by atoms with E-state index in [0.29, 0.717) is 11.7 Å². The highest BCUT2D eigenvalue weighted by Crippen LogP contribution is 2.23. The van der Waals surface area contributed by atoms with Crippen LogP contribution >= 0.6 is 12.2 Å². The summed E-state index contributed by atoms with van der Waals surface area (Å²) in [5, 5.41) is 0.504. The van der Waals surface area contributed by atoms with Gasteiger partial charge in [0.1, 0.15) is 18.1 Å². The number of benzene rings is 2. The van der Waals surface area contributed by atoms with Gasteiger partial charge in [-0.05, 0) is 43.8 Å². The Morgan fingerprint density at radius 2 is 1.80 bits per heavy atom. The van der Waals surface area contributed by atoms with Gasteiger partial charge in [0.25, 0.3) is 0 Å². The normalized spacial score (nSPS) is 10.2. The summed E-state index contributed by atoms with van der Waals surface area (Å²) in [6.07, 6.45) is 0. The number of ether oxygens (including phenoxy) is 2. The van der Waals surface area contributed by atoms with Gasteiger partial charge in [-0.15, -0.1) is 0 Å². The van der Waals surface area contributed by atoms with E-state index in [0.717, 1.165) is 22.6 Å². The van der Waals surface area contributed by atoms with Crippen LogP contribution in [-0.2, 0) is 6.61 Å². The van der Waals surface area contributed by atoms with Crippen LogP contribution in [0.15, 0.2) is 42.5 Å². The van der Waals surface area contributed by atoms with E-state index in [1.165, 1.54) is 5.56 Å². The molecule has 0 aliphatic carbocycles. The van der Waals surface area contributed by atoms with Crippen molar-refractivity contribution in [3.8, 4) is 11.5 Å². The van der Waals surface area contributed by atoms with Crippen LogP contribution in [0.5, 0.6) is 11.5 Å². The Labute approximate surface area is 125 Å². The second-order valence-corrected chi connectivity index (χ2v) is 5.33. The zero-order chi connectivity index (χ0) is 14.5. The van der Waals surface area contributed by atoms with Crippen molar-refractivity contribution in [3.05, 3.63) is 59.2 Å². The van der Waals surface area contributed by atoms with Crippen LogP contribution in [0.1, 0.15) is 23.6 Å². The summed E-state index contributed by atoms with van der Waals surface area (Å²) in [5.74, 6) is 1.65. The molecule has 0 radical (unpaired) electrons. The molecule has 0 atom stereocenters. The van der Waals surface area contributed by atoms with Crippen LogP contribution in [-0.4, -0.2) is 5.05 Å². The third kappa shape index (κ3) is 3.81. The topological polar surface area (TPSA) is 18.5 Å². The third-order valence-corrected chi connectivity index (χ3v) is 3.02. The van der Waals surface area contributed by atoms with Gasteiger partial charge in [0, 0.05) is 12.5 Å². The Morgan fingerprint density at radius 3 is 2.50 bits per heavy atom. The minimum atomic E-state index is 0.461. The van der Waals surface area contributed by atoms with Crippen molar-refractivity contribution >= 4 is 17.3 Å². The Bertz CT molecular complexity index is 620. The van der Waals surface area contributed by atoms with E-state index in [1.54, 1.807) is 6.92 Å². The third-order valence-electron chi connectivity index (χ3n) is 2.94. The van der Waals surface area contributed by atoms with Crippen molar-refractivity contribution in [2.75, 3.05) is 0 Å². The van der Waals surface area contributed by atoms with Crippen LogP contribution in [0.3, 0.4) is 0 Å². The molecular weight excluding hydrogens is 268 g/mol. The Morgan fingerprint density at radius 1 is 1.05 bits per heavy atom. The molecule has 104 valence electrons. The molecule has 0 spiro atoms. The van der Waals surface area contributed by atoms with Crippen LogP contribution in [0.25, 0.3) is 0 Å². The van der Waals surface area contributed by atoms with Gasteiger partial charge in [-0.1, -0.05) is 35.9 Å². The maximum absolute atomic E-state index is 5.88. The minimum absolute atomic E-state index is 0.461. The minimum Gasteiger partial charge on any atom is -0.488 e. The average molecular weight is 286 g/mol. The molecule has 0 saturated heterocycles. The molecule has 3 heteroatoms. The van der Waals surface area contributed by atoms with E-state index in [9.17, 15) is 0 Å². The summed E-state index contributed by atoms with van der Waals surface area (Å²) in [5.41, 5.74) is 3.35. The molecule has 20 heavy (non-hydrogen) atoms. The SMILES string of the molecule is CC(=S)Oc1ccccc1COc1ccc(C)cc1C. The quantitative estimate of drug-likeness (QED) is 0.765. The van der Waals surface area contributed by atoms with E-state index in [-0.39, 0.29) is 0 Å². The number of aryl methyl sites for hydroxylation is 2. The first-order chi connectivity index (χ1) is 9.56. The lowest BCUT2D eigenvalue weighted by Gasteiger charge is -2.13.